The lowest BCUT2D eigenvalue weighted by Gasteiger charge is -2.22. The van der Waals surface area contributed by atoms with E-state index in [1.807, 2.05) is 13.8 Å². The van der Waals surface area contributed by atoms with Crippen molar-refractivity contribution >= 4 is 5.91 Å². The number of hydrogen-bond donors (Lipinski definition) is 2. The molecule has 0 aliphatic heterocycles. The summed E-state index contributed by atoms with van der Waals surface area (Å²) < 4.78 is 5.28. The lowest BCUT2D eigenvalue weighted by Crippen LogP contribution is -2.37. The van der Waals surface area contributed by atoms with Gasteiger partial charge in [0.1, 0.15) is 0 Å². The Morgan fingerprint density at radius 2 is 2.00 bits per heavy atom. The molecular weight excluding hydrogens is 204 g/mol. The molecule has 0 rings (SSSR count). The minimum Gasteiger partial charge on any atom is -0.379 e. The Bertz CT molecular complexity index is 203. The van der Waals surface area contributed by atoms with Crippen LogP contribution in [0.2, 0.25) is 0 Å². The summed E-state index contributed by atoms with van der Waals surface area (Å²) in [5.74, 6) is 0.556. The van der Waals surface area contributed by atoms with Crippen LogP contribution in [0.25, 0.3) is 0 Å². The van der Waals surface area contributed by atoms with Crippen molar-refractivity contribution in [1.82, 2.24) is 10.6 Å². The maximum absolute atomic E-state index is 11.3. The maximum atomic E-state index is 11.3. The van der Waals surface area contributed by atoms with E-state index in [1.54, 1.807) is 7.11 Å². The van der Waals surface area contributed by atoms with Gasteiger partial charge in [-0.3, -0.25) is 4.79 Å². The second-order valence-corrected chi connectivity index (χ2v) is 5.09. The first kappa shape index (κ1) is 15.4. The van der Waals surface area contributed by atoms with E-state index in [0.29, 0.717) is 12.5 Å². The van der Waals surface area contributed by atoms with Crippen molar-refractivity contribution in [3.05, 3.63) is 0 Å². The number of methoxy groups -OCH3 is 1. The van der Waals surface area contributed by atoms with Crippen LogP contribution in [0.5, 0.6) is 0 Å². The molecule has 1 amide bonds. The van der Waals surface area contributed by atoms with E-state index >= 15 is 0 Å². The quantitative estimate of drug-likeness (QED) is 0.615. The predicted molar refractivity (Wildman–Crippen MR) is 66.4 cm³/mol. The molecule has 4 heteroatoms. The molecule has 96 valence electrons. The second kappa shape index (κ2) is 7.63. The molecule has 2 N–H and O–H groups in total. The van der Waals surface area contributed by atoms with Crippen LogP contribution < -0.4 is 10.6 Å². The zero-order valence-electron chi connectivity index (χ0n) is 11.2. The minimum atomic E-state index is -0.124. The van der Waals surface area contributed by atoms with Gasteiger partial charge in [0.2, 0.25) is 5.91 Å². The summed E-state index contributed by atoms with van der Waals surface area (Å²) in [6.45, 7) is 10.1. The molecule has 0 bridgehead atoms. The van der Waals surface area contributed by atoms with E-state index < -0.39 is 0 Å². The average molecular weight is 230 g/mol. The van der Waals surface area contributed by atoms with Crippen LogP contribution >= 0.6 is 0 Å². The molecular formula is C12H26N2O2. The van der Waals surface area contributed by atoms with Crippen LogP contribution in [-0.2, 0) is 9.53 Å². The Morgan fingerprint density at radius 1 is 1.38 bits per heavy atom. The van der Waals surface area contributed by atoms with Crippen LogP contribution in [0.3, 0.4) is 0 Å². The first-order chi connectivity index (χ1) is 7.37. The van der Waals surface area contributed by atoms with Gasteiger partial charge in [0, 0.05) is 13.7 Å². The van der Waals surface area contributed by atoms with Gasteiger partial charge in [0.05, 0.1) is 12.1 Å². The Labute approximate surface area is 99.1 Å². The molecule has 0 heterocycles. The van der Waals surface area contributed by atoms with E-state index in [4.69, 9.17) is 4.74 Å². The largest absolute Gasteiger partial charge is 0.379 e. The van der Waals surface area contributed by atoms with Crippen molar-refractivity contribution in [2.75, 3.05) is 26.7 Å². The molecule has 0 aromatic heterocycles. The van der Waals surface area contributed by atoms with Gasteiger partial charge in [0.25, 0.3) is 0 Å². The normalized spacial score (nSPS) is 11.9. The summed E-state index contributed by atoms with van der Waals surface area (Å²) >= 11 is 0. The third-order valence-electron chi connectivity index (χ3n) is 2.45. The zero-order chi connectivity index (χ0) is 12.6. The van der Waals surface area contributed by atoms with Crippen LogP contribution in [0.1, 0.15) is 34.1 Å². The van der Waals surface area contributed by atoms with Gasteiger partial charge >= 0.3 is 0 Å². The van der Waals surface area contributed by atoms with Gasteiger partial charge in [-0.25, -0.2) is 0 Å². The summed E-state index contributed by atoms with van der Waals surface area (Å²) in [6, 6.07) is 0. The summed E-state index contributed by atoms with van der Waals surface area (Å²) in [5, 5.41) is 5.97. The fourth-order valence-corrected chi connectivity index (χ4v) is 1.07. The highest BCUT2D eigenvalue weighted by molar-refractivity contribution is 5.77. The summed E-state index contributed by atoms with van der Waals surface area (Å²) in [6.07, 6.45) is 0.890. The van der Waals surface area contributed by atoms with Gasteiger partial charge < -0.3 is 15.4 Å². The number of carbonyl (C=O) groups is 1. The summed E-state index contributed by atoms with van der Waals surface area (Å²) in [4.78, 5) is 11.3. The van der Waals surface area contributed by atoms with E-state index in [9.17, 15) is 4.79 Å². The molecule has 4 nitrogen and oxygen atoms in total. The molecule has 0 aromatic rings. The lowest BCUT2D eigenvalue weighted by molar-refractivity contribution is -0.120. The molecule has 0 atom stereocenters. The fraction of sp³-hybridized carbons (Fsp3) is 0.917. The topological polar surface area (TPSA) is 50.4 Å². The van der Waals surface area contributed by atoms with Crippen molar-refractivity contribution in [3.63, 3.8) is 0 Å². The van der Waals surface area contributed by atoms with E-state index in [-0.39, 0.29) is 11.5 Å². The van der Waals surface area contributed by atoms with Crippen molar-refractivity contribution in [3.8, 4) is 0 Å². The van der Waals surface area contributed by atoms with E-state index in [2.05, 4.69) is 24.5 Å². The van der Waals surface area contributed by atoms with Gasteiger partial charge in [0.15, 0.2) is 0 Å². The third kappa shape index (κ3) is 8.68. The fourth-order valence-electron chi connectivity index (χ4n) is 1.07. The van der Waals surface area contributed by atoms with Crippen LogP contribution in [0.4, 0.5) is 0 Å². The van der Waals surface area contributed by atoms with Crippen molar-refractivity contribution in [1.29, 1.82) is 0 Å². The average Bonchev–Trinajstić information content (AvgIpc) is 2.21. The number of nitrogens with one attached hydrogen (secondary N) is 2. The van der Waals surface area contributed by atoms with Gasteiger partial charge in [-0.2, -0.15) is 0 Å². The Balaban J connectivity index is 3.48. The predicted octanol–water partition coefficient (Wildman–Crippen LogP) is 1.16. The monoisotopic (exact) mass is 230 g/mol. The molecule has 0 fully saturated rings. The van der Waals surface area contributed by atoms with E-state index in [1.165, 1.54) is 0 Å². The van der Waals surface area contributed by atoms with Crippen LogP contribution in [0.15, 0.2) is 0 Å². The standard InChI is InChI=1S/C12H26N2O2/c1-10(2)8-14-11(15)9-13-7-6-12(3,4)16-5/h10,13H,6-9H2,1-5H3,(H,14,15). The first-order valence-corrected chi connectivity index (χ1v) is 5.90. The Kier molecular flexibility index (Phi) is 7.34. The number of amides is 1. The molecule has 0 radical (unpaired) electrons. The second-order valence-electron chi connectivity index (χ2n) is 5.09. The maximum Gasteiger partial charge on any atom is 0.233 e. The van der Waals surface area contributed by atoms with Crippen molar-refractivity contribution < 1.29 is 9.53 Å². The number of hydrogen-bond acceptors (Lipinski definition) is 3. The van der Waals surface area contributed by atoms with Crippen LogP contribution in [0, 0.1) is 5.92 Å². The highest BCUT2D eigenvalue weighted by atomic mass is 16.5. The number of ether oxygens (including phenoxy) is 1. The highest BCUT2D eigenvalue weighted by Gasteiger charge is 2.15. The van der Waals surface area contributed by atoms with Crippen molar-refractivity contribution in [2.45, 2.75) is 39.7 Å². The Morgan fingerprint density at radius 3 is 2.50 bits per heavy atom. The highest BCUT2D eigenvalue weighted by Crippen LogP contribution is 2.10. The molecule has 0 saturated heterocycles. The van der Waals surface area contributed by atoms with Crippen LogP contribution in [-0.4, -0.2) is 38.3 Å². The SMILES string of the molecule is COC(C)(C)CCNCC(=O)NCC(C)C. The zero-order valence-corrected chi connectivity index (χ0v) is 11.2. The molecule has 0 saturated carbocycles. The molecule has 16 heavy (non-hydrogen) atoms. The Hall–Kier alpha value is -0.610. The smallest absolute Gasteiger partial charge is 0.233 e. The molecule has 0 aliphatic carbocycles. The first-order valence-electron chi connectivity index (χ1n) is 5.90. The number of carbonyl (C=O) groups excluding carboxylic acids is 1. The molecule has 0 unspecified atom stereocenters. The number of rotatable bonds is 8. The van der Waals surface area contributed by atoms with Gasteiger partial charge in [-0.15, -0.1) is 0 Å². The molecule has 0 aliphatic rings. The van der Waals surface area contributed by atoms with Crippen molar-refractivity contribution in [2.24, 2.45) is 5.92 Å². The van der Waals surface area contributed by atoms with Gasteiger partial charge in [-0.1, -0.05) is 13.8 Å². The summed E-state index contributed by atoms with van der Waals surface area (Å²) in [5.41, 5.74) is -0.124. The lowest BCUT2D eigenvalue weighted by atomic mass is 10.1. The summed E-state index contributed by atoms with van der Waals surface area (Å²) in [7, 11) is 1.70. The molecule has 0 aromatic carbocycles. The van der Waals surface area contributed by atoms with E-state index in [0.717, 1.165) is 19.5 Å². The molecule has 0 spiro atoms. The minimum absolute atomic E-state index is 0.0592. The third-order valence-corrected chi connectivity index (χ3v) is 2.45. The van der Waals surface area contributed by atoms with Gasteiger partial charge in [-0.05, 0) is 32.7 Å².